The Bertz CT molecular complexity index is 300. The largest absolute Gasteiger partial charge is 0.381 e. The molecule has 0 aromatic heterocycles. The van der Waals surface area contributed by atoms with Crippen LogP contribution in [0.25, 0.3) is 0 Å². The molecule has 1 fully saturated rings. The van der Waals surface area contributed by atoms with Crippen LogP contribution >= 0.6 is 24.0 Å². The van der Waals surface area contributed by atoms with E-state index in [4.69, 9.17) is 4.74 Å². The standard InChI is InChI=1S/C16H34N4O.HI/c1-14(2)13-21-10-6-8-18-16(17-3)19-11-15-7-5-9-20(4)12-15;/h14-15H,5-13H2,1-4H3,(H2,17,18,19);1H. The van der Waals surface area contributed by atoms with Gasteiger partial charge in [0.1, 0.15) is 0 Å². The third kappa shape index (κ3) is 10.6. The Kier molecular flexibility index (Phi) is 13.3. The summed E-state index contributed by atoms with van der Waals surface area (Å²) in [5.41, 5.74) is 0. The molecular weight excluding hydrogens is 391 g/mol. The van der Waals surface area contributed by atoms with E-state index >= 15 is 0 Å². The molecule has 0 aromatic carbocycles. The summed E-state index contributed by atoms with van der Waals surface area (Å²) in [5, 5.41) is 6.79. The van der Waals surface area contributed by atoms with E-state index in [9.17, 15) is 0 Å². The minimum atomic E-state index is 0. The van der Waals surface area contributed by atoms with Gasteiger partial charge in [-0.3, -0.25) is 4.99 Å². The predicted molar refractivity (Wildman–Crippen MR) is 105 cm³/mol. The van der Waals surface area contributed by atoms with Crippen molar-refractivity contribution in [1.82, 2.24) is 15.5 Å². The van der Waals surface area contributed by atoms with Gasteiger partial charge in [0, 0.05) is 39.9 Å². The molecule has 0 radical (unpaired) electrons. The maximum absolute atomic E-state index is 5.57. The van der Waals surface area contributed by atoms with Gasteiger partial charge in [-0.25, -0.2) is 0 Å². The second kappa shape index (κ2) is 13.4. The highest BCUT2D eigenvalue weighted by atomic mass is 127. The van der Waals surface area contributed by atoms with Crippen LogP contribution in [-0.2, 0) is 4.74 Å². The Hall–Kier alpha value is -0.0800. The highest BCUT2D eigenvalue weighted by Crippen LogP contribution is 2.13. The number of nitrogens with one attached hydrogen (secondary N) is 2. The molecule has 0 aromatic rings. The molecule has 0 amide bonds. The lowest BCUT2D eigenvalue weighted by atomic mass is 9.99. The third-order valence-corrected chi connectivity index (χ3v) is 3.71. The minimum Gasteiger partial charge on any atom is -0.381 e. The molecule has 1 atom stereocenters. The Labute approximate surface area is 153 Å². The van der Waals surface area contributed by atoms with Gasteiger partial charge < -0.3 is 20.3 Å². The lowest BCUT2D eigenvalue weighted by Gasteiger charge is -2.30. The van der Waals surface area contributed by atoms with Crippen LogP contribution in [0.1, 0.15) is 33.1 Å². The first-order valence-corrected chi connectivity index (χ1v) is 8.32. The number of halogens is 1. The second-order valence-electron chi connectivity index (χ2n) is 6.47. The molecule has 2 N–H and O–H groups in total. The minimum absolute atomic E-state index is 0. The van der Waals surface area contributed by atoms with Crippen LogP contribution in [0.15, 0.2) is 4.99 Å². The first kappa shape index (κ1) is 21.9. The molecular formula is C16H35IN4O. The van der Waals surface area contributed by atoms with Gasteiger partial charge in [-0.15, -0.1) is 24.0 Å². The zero-order valence-electron chi connectivity index (χ0n) is 14.7. The smallest absolute Gasteiger partial charge is 0.190 e. The highest BCUT2D eigenvalue weighted by Gasteiger charge is 2.16. The summed E-state index contributed by atoms with van der Waals surface area (Å²) in [7, 11) is 4.04. The van der Waals surface area contributed by atoms with E-state index in [-0.39, 0.29) is 24.0 Å². The number of likely N-dealkylation sites (tertiary alicyclic amines) is 1. The number of piperidine rings is 1. The molecule has 1 aliphatic heterocycles. The SMILES string of the molecule is CN=C(NCCCOCC(C)C)NCC1CCCN(C)C1.I. The van der Waals surface area contributed by atoms with Crippen molar-refractivity contribution in [1.29, 1.82) is 0 Å². The summed E-state index contributed by atoms with van der Waals surface area (Å²) in [6, 6.07) is 0. The van der Waals surface area contributed by atoms with Crippen LogP contribution in [0.4, 0.5) is 0 Å². The Balaban J connectivity index is 0.00000441. The first-order chi connectivity index (χ1) is 10.1. The van der Waals surface area contributed by atoms with Crippen molar-refractivity contribution in [3.8, 4) is 0 Å². The van der Waals surface area contributed by atoms with Gasteiger partial charge in [0.15, 0.2) is 5.96 Å². The molecule has 0 bridgehead atoms. The van der Waals surface area contributed by atoms with E-state index in [1.165, 1.54) is 25.9 Å². The number of ether oxygens (including phenoxy) is 1. The Morgan fingerprint density at radius 3 is 2.77 bits per heavy atom. The summed E-state index contributed by atoms with van der Waals surface area (Å²) in [6.07, 6.45) is 3.64. The van der Waals surface area contributed by atoms with Gasteiger partial charge in [0.05, 0.1) is 0 Å². The highest BCUT2D eigenvalue weighted by molar-refractivity contribution is 14.0. The first-order valence-electron chi connectivity index (χ1n) is 8.32. The van der Waals surface area contributed by atoms with Crippen molar-refractivity contribution in [2.75, 3.05) is 53.5 Å². The molecule has 22 heavy (non-hydrogen) atoms. The van der Waals surface area contributed by atoms with Crippen LogP contribution in [0, 0.1) is 11.8 Å². The molecule has 1 rings (SSSR count). The Morgan fingerprint density at radius 1 is 1.36 bits per heavy atom. The van der Waals surface area contributed by atoms with Gasteiger partial charge in [-0.05, 0) is 44.7 Å². The van der Waals surface area contributed by atoms with Gasteiger partial charge in [0.2, 0.25) is 0 Å². The lowest BCUT2D eigenvalue weighted by Crippen LogP contribution is -2.43. The van der Waals surface area contributed by atoms with Crippen LogP contribution in [0.3, 0.4) is 0 Å². The van der Waals surface area contributed by atoms with E-state index < -0.39 is 0 Å². The number of hydrogen-bond donors (Lipinski definition) is 2. The summed E-state index contributed by atoms with van der Waals surface area (Å²) in [6.45, 7) is 10.3. The molecule has 1 unspecified atom stereocenters. The zero-order chi connectivity index (χ0) is 15.5. The Morgan fingerprint density at radius 2 is 2.14 bits per heavy atom. The van der Waals surface area contributed by atoms with E-state index in [1.807, 2.05) is 7.05 Å². The maximum Gasteiger partial charge on any atom is 0.190 e. The monoisotopic (exact) mass is 426 g/mol. The molecule has 132 valence electrons. The van der Waals surface area contributed by atoms with Crippen LogP contribution < -0.4 is 10.6 Å². The van der Waals surface area contributed by atoms with E-state index in [2.05, 4.69) is 41.4 Å². The van der Waals surface area contributed by atoms with Gasteiger partial charge >= 0.3 is 0 Å². The summed E-state index contributed by atoms with van der Waals surface area (Å²) in [5.74, 6) is 2.25. The molecule has 1 aliphatic rings. The molecule has 0 saturated carbocycles. The third-order valence-electron chi connectivity index (χ3n) is 3.71. The van der Waals surface area contributed by atoms with Crippen LogP contribution in [0.2, 0.25) is 0 Å². The van der Waals surface area contributed by atoms with E-state index in [1.54, 1.807) is 0 Å². The van der Waals surface area contributed by atoms with Crippen molar-refractivity contribution in [2.45, 2.75) is 33.1 Å². The van der Waals surface area contributed by atoms with E-state index in [0.717, 1.165) is 44.6 Å². The summed E-state index contributed by atoms with van der Waals surface area (Å²) in [4.78, 5) is 6.69. The number of nitrogens with zero attached hydrogens (tertiary/aromatic N) is 2. The number of hydrogen-bond acceptors (Lipinski definition) is 3. The summed E-state index contributed by atoms with van der Waals surface area (Å²) >= 11 is 0. The number of aliphatic imine (C=N–C) groups is 1. The summed E-state index contributed by atoms with van der Waals surface area (Å²) < 4.78 is 5.57. The van der Waals surface area contributed by atoms with Crippen molar-refractivity contribution in [3.63, 3.8) is 0 Å². The predicted octanol–water partition coefficient (Wildman–Crippen LogP) is 2.17. The maximum atomic E-state index is 5.57. The zero-order valence-corrected chi connectivity index (χ0v) is 17.1. The molecule has 6 heteroatoms. The average Bonchev–Trinajstić information content (AvgIpc) is 2.45. The molecule has 0 aliphatic carbocycles. The van der Waals surface area contributed by atoms with Crippen molar-refractivity contribution in [2.24, 2.45) is 16.8 Å². The van der Waals surface area contributed by atoms with E-state index in [0.29, 0.717) is 5.92 Å². The number of guanidine groups is 1. The van der Waals surface area contributed by atoms with Crippen LogP contribution in [0.5, 0.6) is 0 Å². The normalized spacial score (nSPS) is 19.9. The van der Waals surface area contributed by atoms with Gasteiger partial charge in [0.25, 0.3) is 0 Å². The molecule has 1 saturated heterocycles. The van der Waals surface area contributed by atoms with Gasteiger partial charge in [-0.2, -0.15) is 0 Å². The van der Waals surface area contributed by atoms with Crippen LogP contribution in [-0.4, -0.2) is 64.3 Å². The molecule has 0 spiro atoms. The second-order valence-corrected chi connectivity index (χ2v) is 6.47. The quantitative estimate of drug-likeness (QED) is 0.270. The van der Waals surface area contributed by atoms with Gasteiger partial charge in [-0.1, -0.05) is 13.8 Å². The lowest BCUT2D eigenvalue weighted by molar-refractivity contribution is 0.108. The molecule has 5 nitrogen and oxygen atoms in total. The van der Waals surface area contributed by atoms with Crippen molar-refractivity contribution >= 4 is 29.9 Å². The van der Waals surface area contributed by atoms with Crippen molar-refractivity contribution in [3.05, 3.63) is 0 Å². The molecule has 1 heterocycles. The fourth-order valence-corrected chi connectivity index (χ4v) is 2.60. The fourth-order valence-electron chi connectivity index (χ4n) is 2.60. The average molecular weight is 426 g/mol. The fraction of sp³-hybridized carbons (Fsp3) is 0.938. The topological polar surface area (TPSA) is 48.9 Å². The number of rotatable bonds is 8. The van der Waals surface area contributed by atoms with Crippen molar-refractivity contribution < 1.29 is 4.74 Å².